The standard InChI is InChI=1S/C14H16F2NO2.Ti/c1-4-7-19-9-14(2,3)13(18)17-12-6-5-10(15)8-11(12)16;/h4-6H,1,7,9H2,2-3H3,(H,17,18);. The number of amides is 1. The summed E-state index contributed by atoms with van der Waals surface area (Å²) in [6, 6.07) is 4.04. The molecule has 107 valence electrons. The Labute approximate surface area is 132 Å². The average molecular weight is 316 g/mol. The third-order valence-electron chi connectivity index (χ3n) is 2.42. The molecule has 0 heterocycles. The Morgan fingerprint density at radius 3 is 2.70 bits per heavy atom. The van der Waals surface area contributed by atoms with Gasteiger partial charge in [-0.3, -0.25) is 4.79 Å². The van der Waals surface area contributed by atoms with Crippen molar-refractivity contribution in [3.05, 3.63) is 42.5 Å². The molecule has 0 aromatic heterocycles. The van der Waals surface area contributed by atoms with E-state index in [9.17, 15) is 13.6 Å². The van der Waals surface area contributed by atoms with Gasteiger partial charge in [0, 0.05) is 21.7 Å². The van der Waals surface area contributed by atoms with E-state index in [4.69, 9.17) is 4.74 Å². The van der Waals surface area contributed by atoms with E-state index in [0.29, 0.717) is 6.61 Å². The number of ether oxygens (including phenoxy) is 1. The van der Waals surface area contributed by atoms with Crippen molar-refractivity contribution in [2.75, 3.05) is 18.5 Å². The van der Waals surface area contributed by atoms with E-state index < -0.39 is 23.0 Å². The van der Waals surface area contributed by atoms with Gasteiger partial charge < -0.3 is 10.1 Å². The fourth-order valence-corrected chi connectivity index (χ4v) is 1.29. The van der Waals surface area contributed by atoms with E-state index in [2.05, 4.69) is 11.9 Å². The predicted molar refractivity (Wildman–Crippen MR) is 68.6 cm³/mol. The van der Waals surface area contributed by atoms with Crippen LogP contribution in [-0.2, 0) is 31.2 Å². The van der Waals surface area contributed by atoms with Gasteiger partial charge in [0.2, 0.25) is 5.91 Å². The van der Waals surface area contributed by atoms with Crippen molar-refractivity contribution in [2.24, 2.45) is 5.41 Å². The number of carbonyl (C=O) groups is 1. The van der Waals surface area contributed by atoms with Crippen molar-refractivity contribution in [3.8, 4) is 0 Å². The number of carbonyl (C=O) groups excluding carboxylic acids is 1. The first kappa shape index (κ1) is 19.0. The third kappa shape index (κ3) is 5.53. The number of anilines is 1. The topological polar surface area (TPSA) is 38.3 Å². The summed E-state index contributed by atoms with van der Waals surface area (Å²) in [7, 11) is 0. The SMILES string of the molecule is C=CCOCC(C)(C)C(=O)Nc1ccc(F)[c]c1F.[Ti]. The molecule has 0 aliphatic heterocycles. The quantitative estimate of drug-likeness (QED) is 0.498. The molecule has 0 atom stereocenters. The van der Waals surface area contributed by atoms with Crippen LogP contribution < -0.4 is 5.32 Å². The zero-order chi connectivity index (χ0) is 14.5. The van der Waals surface area contributed by atoms with Gasteiger partial charge in [-0.1, -0.05) is 6.08 Å². The van der Waals surface area contributed by atoms with E-state index in [-0.39, 0.29) is 34.0 Å². The molecule has 1 aromatic rings. The average Bonchev–Trinajstić information content (AvgIpc) is 2.32. The van der Waals surface area contributed by atoms with Gasteiger partial charge in [0.15, 0.2) is 5.82 Å². The largest absolute Gasteiger partial charge is 0.376 e. The molecule has 0 saturated carbocycles. The summed E-state index contributed by atoms with van der Waals surface area (Å²) in [5.74, 6) is -2.17. The van der Waals surface area contributed by atoms with Crippen LogP contribution >= 0.6 is 0 Å². The van der Waals surface area contributed by atoms with Gasteiger partial charge in [0.1, 0.15) is 5.82 Å². The van der Waals surface area contributed by atoms with Crippen molar-refractivity contribution < 1.29 is 40.0 Å². The normalized spacial score (nSPS) is 10.6. The molecule has 0 unspecified atom stereocenters. The van der Waals surface area contributed by atoms with Crippen molar-refractivity contribution >= 4 is 11.6 Å². The van der Waals surface area contributed by atoms with Crippen LogP contribution in [0.15, 0.2) is 24.8 Å². The summed E-state index contributed by atoms with van der Waals surface area (Å²) < 4.78 is 31.3. The van der Waals surface area contributed by atoms with Gasteiger partial charge in [-0.15, -0.1) is 6.58 Å². The van der Waals surface area contributed by atoms with E-state index in [0.717, 1.165) is 12.1 Å². The van der Waals surface area contributed by atoms with E-state index in [1.165, 1.54) is 0 Å². The maximum Gasteiger partial charge on any atom is 0.232 e. The molecule has 6 heteroatoms. The molecule has 1 N–H and O–H groups in total. The zero-order valence-corrected chi connectivity index (χ0v) is 13.0. The number of halogens is 2. The summed E-state index contributed by atoms with van der Waals surface area (Å²) in [6.07, 6.45) is 1.57. The fourth-order valence-electron chi connectivity index (χ4n) is 1.29. The summed E-state index contributed by atoms with van der Waals surface area (Å²) in [4.78, 5) is 12.0. The molecule has 1 rings (SSSR count). The molecule has 0 fully saturated rings. The third-order valence-corrected chi connectivity index (χ3v) is 2.42. The van der Waals surface area contributed by atoms with Crippen LogP contribution in [0.1, 0.15) is 13.8 Å². The molecule has 1 amide bonds. The van der Waals surface area contributed by atoms with Gasteiger partial charge in [-0.05, 0) is 26.0 Å². The number of rotatable bonds is 6. The summed E-state index contributed by atoms with van der Waals surface area (Å²) >= 11 is 0. The molecule has 1 radical (unpaired) electrons. The molecular formula is C14H16F2NO2Ti. The van der Waals surface area contributed by atoms with Crippen molar-refractivity contribution in [2.45, 2.75) is 13.8 Å². The number of hydrogen-bond donors (Lipinski definition) is 1. The van der Waals surface area contributed by atoms with Crippen LogP contribution in [0.2, 0.25) is 0 Å². The zero-order valence-electron chi connectivity index (χ0n) is 11.4. The van der Waals surface area contributed by atoms with Crippen LogP contribution in [0.5, 0.6) is 0 Å². The Bertz CT molecular complexity index is 478. The van der Waals surface area contributed by atoms with Gasteiger partial charge in [0.05, 0.1) is 30.4 Å². The van der Waals surface area contributed by atoms with Crippen LogP contribution in [0.4, 0.5) is 14.5 Å². The van der Waals surface area contributed by atoms with Crippen molar-refractivity contribution in [1.82, 2.24) is 0 Å². The van der Waals surface area contributed by atoms with Crippen molar-refractivity contribution in [3.63, 3.8) is 0 Å². The van der Waals surface area contributed by atoms with Gasteiger partial charge in [0.25, 0.3) is 0 Å². The summed E-state index contributed by atoms with van der Waals surface area (Å²) in [5.41, 5.74) is -0.952. The monoisotopic (exact) mass is 316 g/mol. The Morgan fingerprint density at radius 1 is 1.50 bits per heavy atom. The first-order chi connectivity index (χ1) is 8.86. The van der Waals surface area contributed by atoms with E-state index >= 15 is 0 Å². The smallest absolute Gasteiger partial charge is 0.232 e. The number of nitrogens with one attached hydrogen (secondary N) is 1. The Balaban J connectivity index is 0.00000361. The Kier molecular flexibility index (Phi) is 7.87. The van der Waals surface area contributed by atoms with E-state index in [1.807, 2.05) is 6.07 Å². The van der Waals surface area contributed by atoms with Crippen molar-refractivity contribution in [1.29, 1.82) is 0 Å². The van der Waals surface area contributed by atoms with E-state index in [1.54, 1.807) is 19.9 Å². The minimum absolute atomic E-state index is 0. The van der Waals surface area contributed by atoms with Crippen LogP contribution in [0, 0.1) is 23.1 Å². The first-order valence-electron chi connectivity index (χ1n) is 5.74. The molecule has 0 bridgehead atoms. The number of hydrogen-bond acceptors (Lipinski definition) is 2. The molecule has 0 aliphatic rings. The Hall–Kier alpha value is -1.04. The minimum Gasteiger partial charge on any atom is -0.376 e. The predicted octanol–water partition coefficient (Wildman–Crippen LogP) is 2.93. The molecule has 0 saturated heterocycles. The molecule has 0 aliphatic carbocycles. The summed E-state index contributed by atoms with van der Waals surface area (Å²) in [6.45, 7) is 7.32. The first-order valence-corrected chi connectivity index (χ1v) is 5.74. The second-order valence-corrected chi connectivity index (χ2v) is 4.68. The van der Waals surface area contributed by atoms with Crippen LogP contribution in [0.3, 0.4) is 0 Å². The van der Waals surface area contributed by atoms with Gasteiger partial charge >= 0.3 is 0 Å². The van der Waals surface area contributed by atoms with Crippen LogP contribution in [0.25, 0.3) is 0 Å². The van der Waals surface area contributed by atoms with Gasteiger partial charge in [-0.2, -0.15) is 0 Å². The molecular weight excluding hydrogens is 300 g/mol. The van der Waals surface area contributed by atoms with Gasteiger partial charge in [-0.25, -0.2) is 8.78 Å². The maximum atomic E-state index is 13.4. The second-order valence-electron chi connectivity index (χ2n) is 4.68. The number of benzene rings is 1. The molecule has 1 aromatic carbocycles. The van der Waals surface area contributed by atoms with Crippen LogP contribution in [-0.4, -0.2) is 19.1 Å². The fraction of sp³-hybridized carbons (Fsp3) is 0.357. The summed E-state index contributed by atoms with van der Waals surface area (Å²) in [5, 5.41) is 2.39. The molecule has 20 heavy (non-hydrogen) atoms. The minimum atomic E-state index is -0.934. The maximum absolute atomic E-state index is 13.4. The Morgan fingerprint density at radius 2 is 2.15 bits per heavy atom. The second kappa shape index (κ2) is 8.30. The molecule has 3 nitrogen and oxygen atoms in total. The molecule has 0 spiro atoms.